The molecule has 1 saturated heterocycles. The molecule has 100 valence electrons. The fourth-order valence-electron chi connectivity index (χ4n) is 2.72. The van der Waals surface area contributed by atoms with Gasteiger partial charge in [0.1, 0.15) is 11.4 Å². The first-order valence-electron chi connectivity index (χ1n) is 6.46. The molecule has 3 rings (SSSR count). The Bertz CT molecular complexity index is 620. The molecule has 1 aliphatic rings. The molecular weight excluding hydrogens is 242 g/mol. The third-order valence-electron chi connectivity index (χ3n) is 3.78. The smallest absolute Gasteiger partial charge is 0.230 e. The maximum absolute atomic E-state index is 12.3. The lowest BCUT2D eigenvalue weighted by molar-refractivity contribution is -0.133. The van der Waals surface area contributed by atoms with Crippen LogP contribution in [0, 0.1) is 0 Å². The van der Waals surface area contributed by atoms with Gasteiger partial charge in [0.15, 0.2) is 0 Å². The second kappa shape index (κ2) is 4.57. The lowest BCUT2D eigenvalue weighted by atomic mass is 9.90. The van der Waals surface area contributed by atoms with Crippen LogP contribution in [0.5, 0.6) is 5.75 Å². The minimum atomic E-state index is -0.111. The zero-order valence-electron chi connectivity index (χ0n) is 11.2. The van der Waals surface area contributed by atoms with Crippen LogP contribution in [0.2, 0.25) is 0 Å². The zero-order chi connectivity index (χ0) is 13.4. The Hall–Kier alpha value is -2.04. The van der Waals surface area contributed by atoms with E-state index in [1.165, 1.54) is 0 Å². The van der Waals surface area contributed by atoms with Gasteiger partial charge in [-0.15, -0.1) is 0 Å². The Morgan fingerprint density at radius 2 is 2.32 bits per heavy atom. The third kappa shape index (κ3) is 1.95. The van der Waals surface area contributed by atoms with Gasteiger partial charge in [0.2, 0.25) is 5.91 Å². The SMILES string of the molecule is COc1cc2nccn2cc1C1CCCN(C)C1=O. The number of methoxy groups -OCH3 is 1. The Morgan fingerprint density at radius 3 is 3.11 bits per heavy atom. The molecule has 5 heteroatoms. The van der Waals surface area contributed by atoms with E-state index >= 15 is 0 Å². The van der Waals surface area contributed by atoms with Crippen molar-refractivity contribution in [3.05, 3.63) is 30.2 Å². The summed E-state index contributed by atoms with van der Waals surface area (Å²) < 4.78 is 7.37. The Morgan fingerprint density at radius 1 is 1.47 bits per heavy atom. The van der Waals surface area contributed by atoms with Gasteiger partial charge < -0.3 is 14.0 Å². The fourth-order valence-corrected chi connectivity index (χ4v) is 2.72. The number of pyridine rings is 1. The van der Waals surface area contributed by atoms with Crippen LogP contribution >= 0.6 is 0 Å². The standard InChI is InChI=1S/C14H17N3O2/c1-16-6-3-4-10(14(16)18)11-9-17-7-5-15-13(17)8-12(11)19-2/h5,7-10H,3-4,6H2,1-2H3. The van der Waals surface area contributed by atoms with Crippen molar-refractivity contribution >= 4 is 11.6 Å². The van der Waals surface area contributed by atoms with Crippen LogP contribution in [0.25, 0.3) is 5.65 Å². The molecule has 0 spiro atoms. The molecule has 3 heterocycles. The van der Waals surface area contributed by atoms with Gasteiger partial charge in [0, 0.05) is 43.8 Å². The largest absolute Gasteiger partial charge is 0.496 e. The first-order valence-corrected chi connectivity index (χ1v) is 6.46. The zero-order valence-corrected chi connectivity index (χ0v) is 11.2. The van der Waals surface area contributed by atoms with Gasteiger partial charge in [-0.25, -0.2) is 4.98 Å². The Balaban J connectivity index is 2.09. The van der Waals surface area contributed by atoms with E-state index in [1.807, 2.05) is 29.9 Å². The topological polar surface area (TPSA) is 46.8 Å². The van der Waals surface area contributed by atoms with Crippen molar-refractivity contribution in [2.24, 2.45) is 0 Å². The van der Waals surface area contributed by atoms with Crippen LogP contribution in [0.4, 0.5) is 0 Å². The highest BCUT2D eigenvalue weighted by atomic mass is 16.5. The van der Waals surface area contributed by atoms with Crippen LogP contribution < -0.4 is 4.74 Å². The number of hydrogen-bond donors (Lipinski definition) is 0. The third-order valence-corrected chi connectivity index (χ3v) is 3.78. The highest BCUT2D eigenvalue weighted by molar-refractivity contribution is 5.85. The van der Waals surface area contributed by atoms with E-state index < -0.39 is 0 Å². The van der Waals surface area contributed by atoms with Crippen molar-refractivity contribution in [3.8, 4) is 5.75 Å². The average molecular weight is 259 g/mol. The van der Waals surface area contributed by atoms with Gasteiger partial charge in [-0.05, 0) is 12.8 Å². The Kier molecular flexibility index (Phi) is 2.89. The number of imidazole rings is 1. The van der Waals surface area contributed by atoms with E-state index in [1.54, 1.807) is 18.2 Å². The number of hydrogen-bond acceptors (Lipinski definition) is 3. The summed E-state index contributed by atoms with van der Waals surface area (Å²) in [6, 6.07) is 1.89. The van der Waals surface area contributed by atoms with E-state index in [0.717, 1.165) is 36.3 Å². The number of carbonyl (C=O) groups excluding carboxylic acids is 1. The number of ether oxygens (including phenoxy) is 1. The van der Waals surface area contributed by atoms with E-state index in [0.29, 0.717) is 0 Å². The first-order chi connectivity index (χ1) is 9.20. The molecule has 2 aromatic rings. The van der Waals surface area contributed by atoms with Gasteiger partial charge in [-0.3, -0.25) is 4.79 Å². The molecule has 5 nitrogen and oxygen atoms in total. The highest BCUT2D eigenvalue weighted by Gasteiger charge is 2.30. The van der Waals surface area contributed by atoms with Crippen LogP contribution in [-0.2, 0) is 4.79 Å². The van der Waals surface area contributed by atoms with E-state index in [2.05, 4.69) is 4.98 Å². The molecule has 1 unspecified atom stereocenters. The number of nitrogens with zero attached hydrogens (tertiary/aromatic N) is 3. The Labute approximate surface area is 111 Å². The lowest BCUT2D eigenvalue weighted by Crippen LogP contribution is -2.37. The number of aromatic nitrogens is 2. The first kappa shape index (κ1) is 12.0. The van der Waals surface area contributed by atoms with Crippen molar-refractivity contribution in [2.75, 3.05) is 20.7 Å². The maximum atomic E-state index is 12.3. The second-order valence-corrected chi connectivity index (χ2v) is 4.94. The van der Waals surface area contributed by atoms with Crippen molar-refractivity contribution in [2.45, 2.75) is 18.8 Å². The number of amides is 1. The number of fused-ring (bicyclic) bond motifs is 1. The summed E-state index contributed by atoms with van der Waals surface area (Å²) in [6.07, 6.45) is 7.49. The van der Waals surface area contributed by atoms with Gasteiger partial charge in [0.25, 0.3) is 0 Å². The quantitative estimate of drug-likeness (QED) is 0.824. The van der Waals surface area contributed by atoms with Gasteiger partial charge in [-0.2, -0.15) is 0 Å². The molecular formula is C14H17N3O2. The monoisotopic (exact) mass is 259 g/mol. The van der Waals surface area contributed by atoms with Crippen LogP contribution in [0.3, 0.4) is 0 Å². The van der Waals surface area contributed by atoms with Crippen molar-refractivity contribution in [1.82, 2.24) is 14.3 Å². The molecule has 2 aromatic heterocycles. The molecule has 0 aliphatic carbocycles. The normalized spacial score (nSPS) is 20.0. The van der Waals surface area contributed by atoms with E-state index in [9.17, 15) is 4.79 Å². The second-order valence-electron chi connectivity index (χ2n) is 4.94. The molecule has 0 N–H and O–H groups in total. The molecule has 0 radical (unpaired) electrons. The van der Waals surface area contributed by atoms with Gasteiger partial charge in [0.05, 0.1) is 13.0 Å². The number of piperidine rings is 1. The van der Waals surface area contributed by atoms with Gasteiger partial charge in [-0.1, -0.05) is 0 Å². The minimum Gasteiger partial charge on any atom is -0.496 e. The highest BCUT2D eigenvalue weighted by Crippen LogP contribution is 2.34. The van der Waals surface area contributed by atoms with Crippen LogP contribution in [0.15, 0.2) is 24.7 Å². The molecule has 19 heavy (non-hydrogen) atoms. The van der Waals surface area contributed by atoms with E-state index in [4.69, 9.17) is 4.74 Å². The van der Waals surface area contributed by atoms with Crippen LogP contribution in [-0.4, -0.2) is 40.9 Å². The molecule has 1 aliphatic heterocycles. The molecule has 1 atom stereocenters. The molecule has 0 bridgehead atoms. The number of likely N-dealkylation sites (tertiary alicyclic amines) is 1. The molecule has 0 aromatic carbocycles. The summed E-state index contributed by atoms with van der Waals surface area (Å²) in [7, 11) is 3.49. The predicted molar refractivity (Wildman–Crippen MR) is 71.4 cm³/mol. The predicted octanol–water partition coefficient (Wildman–Crippen LogP) is 1.68. The van der Waals surface area contributed by atoms with E-state index in [-0.39, 0.29) is 11.8 Å². The summed E-state index contributed by atoms with van der Waals surface area (Å²) in [5.41, 5.74) is 1.78. The van der Waals surface area contributed by atoms with Crippen molar-refractivity contribution < 1.29 is 9.53 Å². The van der Waals surface area contributed by atoms with Crippen molar-refractivity contribution in [3.63, 3.8) is 0 Å². The maximum Gasteiger partial charge on any atom is 0.230 e. The molecule has 0 saturated carbocycles. The lowest BCUT2D eigenvalue weighted by Gasteiger charge is -2.30. The average Bonchev–Trinajstić information content (AvgIpc) is 2.87. The molecule has 1 amide bonds. The summed E-state index contributed by atoms with van der Waals surface area (Å²) in [4.78, 5) is 18.3. The number of carbonyl (C=O) groups is 1. The van der Waals surface area contributed by atoms with Crippen LogP contribution in [0.1, 0.15) is 24.3 Å². The summed E-state index contributed by atoms with van der Waals surface area (Å²) in [6.45, 7) is 0.838. The summed E-state index contributed by atoms with van der Waals surface area (Å²) >= 11 is 0. The number of likely N-dealkylation sites (N-methyl/N-ethyl adjacent to an activating group) is 1. The summed E-state index contributed by atoms with van der Waals surface area (Å²) in [5, 5.41) is 0. The number of rotatable bonds is 2. The molecule has 1 fully saturated rings. The van der Waals surface area contributed by atoms with Crippen molar-refractivity contribution in [1.29, 1.82) is 0 Å². The minimum absolute atomic E-state index is 0.111. The fraction of sp³-hybridized carbons (Fsp3) is 0.429. The summed E-state index contributed by atoms with van der Waals surface area (Å²) in [5.74, 6) is 0.803. The van der Waals surface area contributed by atoms with Gasteiger partial charge >= 0.3 is 0 Å².